The van der Waals surface area contributed by atoms with E-state index in [-0.39, 0.29) is 34.5 Å². The first-order valence-electron chi connectivity index (χ1n) is 11.3. The fraction of sp³-hybridized carbons (Fsp3) is 0.545. The second kappa shape index (κ2) is 11.6. The van der Waals surface area contributed by atoms with Gasteiger partial charge in [-0.2, -0.15) is 70.2 Å². The monoisotopic (exact) mass is 711 g/mol. The van der Waals surface area contributed by atoms with Gasteiger partial charge in [-0.15, -0.1) is 11.3 Å². The fourth-order valence-electron chi connectivity index (χ4n) is 3.21. The van der Waals surface area contributed by atoms with Crippen LogP contribution < -0.4 is 5.32 Å². The molecule has 44 heavy (non-hydrogen) atoms. The Kier molecular flexibility index (Phi) is 9.86. The lowest BCUT2D eigenvalue weighted by atomic mass is 9.89. The summed E-state index contributed by atoms with van der Waals surface area (Å²) in [4.78, 5) is 24.6. The van der Waals surface area contributed by atoms with E-state index in [4.69, 9.17) is 4.74 Å². The summed E-state index contributed by atoms with van der Waals surface area (Å²) >= 11 is 3.62. The number of thiophene rings is 1. The number of esters is 1. The van der Waals surface area contributed by atoms with Gasteiger partial charge in [0, 0.05) is 10.1 Å². The van der Waals surface area contributed by atoms with Crippen LogP contribution in [0.2, 0.25) is 0 Å². The maximum Gasteiger partial charge on any atom is 0.393 e. The quantitative estimate of drug-likeness (QED) is 0.0977. The summed E-state index contributed by atoms with van der Waals surface area (Å²) in [5.41, 5.74) is -0.846. The van der Waals surface area contributed by atoms with Crippen LogP contribution in [0, 0.1) is 0 Å². The number of carbonyl (C=O) groups excluding carboxylic acids is 2. The Balaban J connectivity index is 2.59. The van der Waals surface area contributed by atoms with Crippen molar-refractivity contribution in [2.45, 2.75) is 66.6 Å². The number of hydrogen-bond acceptors (Lipinski definition) is 4. The van der Waals surface area contributed by atoms with Crippen molar-refractivity contribution in [3.8, 4) is 0 Å². The Labute approximate surface area is 243 Å². The third-order valence-electron chi connectivity index (χ3n) is 5.76. The van der Waals surface area contributed by atoms with E-state index >= 15 is 0 Å². The van der Waals surface area contributed by atoms with Gasteiger partial charge in [0.15, 0.2) is 0 Å². The summed E-state index contributed by atoms with van der Waals surface area (Å²) in [6.07, 6.45) is 0.666. The van der Waals surface area contributed by atoms with E-state index in [0.29, 0.717) is 6.42 Å². The first-order chi connectivity index (χ1) is 19.6. The molecule has 1 aromatic carbocycles. The van der Waals surface area contributed by atoms with Crippen LogP contribution in [-0.2, 0) is 9.53 Å². The molecule has 0 bridgehead atoms. The van der Waals surface area contributed by atoms with Crippen molar-refractivity contribution in [2.75, 3.05) is 11.9 Å². The van der Waals surface area contributed by atoms with Crippen LogP contribution in [0.1, 0.15) is 30.1 Å². The van der Waals surface area contributed by atoms with E-state index in [1.807, 2.05) is 0 Å². The van der Waals surface area contributed by atoms with E-state index in [1.54, 1.807) is 6.92 Å². The highest BCUT2D eigenvalue weighted by Crippen LogP contribution is 2.64. The third kappa shape index (κ3) is 5.51. The lowest BCUT2D eigenvalue weighted by molar-refractivity contribution is -0.445. The zero-order chi connectivity index (χ0) is 34.5. The molecule has 2 rings (SSSR count). The number of amides is 1. The molecule has 0 unspecified atom stereocenters. The number of halogens is 17. The van der Waals surface area contributed by atoms with Crippen LogP contribution >= 0.6 is 22.9 Å². The van der Waals surface area contributed by atoms with Gasteiger partial charge in [-0.3, -0.25) is 4.79 Å². The Hall–Kier alpha value is -2.71. The van der Waals surface area contributed by atoms with E-state index in [1.165, 1.54) is 12.1 Å². The summed E-state index contributed by atoms with van der Waals surface area (Å²) in [5.74, 6) is -62.8. The number of carbonyl (C=O) groups is 2. The minimum absolute atomic E-state index is 0.0731. The zero-order valence-corrected chi connectivity index (χ0v) is 22.6. The number of rotatable bonds is 13. The largest absolute Gasteiger partial charge is 0.462 e. The Morgan fingerprint density at radius 2 is 1.20 bits per heavy atom. The average Bonchev–Trinajstić information content (AvgIpc) is 3.25. The SMILES string of the molecule is CCCCOC(=O)c1c(NC(=O)C(F)(F)C(F)(F)C(F)(F)C(F)(F)C(F)(F)C(F)(F)C(F)(F)C(F)(F)Cl)sc2ccccc12. The molecule has 0 radical (unpaired) electrons. The molecule has 0 saturated carbocycles. The van der Waals surface area contributed by atoms with Gasteiger partial charge in [0.25, 0.3) is 0 Å². The number of alkyl halides is 17. The molecular weight excluding hydrogens is 698 g/mol. The lowest BCUT2D eigenvalue weighted by Crippen LogP contribution is -2.75. The average molecular weight is 712 g/mol. The van der Waals surface area contributed by atoms with Gasteiger partial charge in [0.2, 0.25) is 0 Å². The molecule has 250 valence electrons. The second-order valence-electron chi connectivity index (χ2n) is 8.76. The number of ether oxygens (including phenoxy) is 1. The fourth-order valence-corrected chi connectivity index (χ4v) is 4.41. The van der Waals surface area contributed by atoms with Crippen molar-refractivity contribution in [3.63, 3.8) is 0 Å². The Morgan fingerprint density at radius 3 is 1.68 bits per heavy atom. The minimum Gasteiger partial charge on any atom is -0.462 e. The molecule has 0 saturated heterocycles. The molecule has 22 heteroatoms. The second-order valence-corrected chi connectivity index (χ2v) is 10.3. The first kappa shape index (κ1) is 37.5. The number of fused-ring (bicyclic) bond motifs is 1. The smallest absolute Gasteiger partial charge is 0.393 e. The van der Waals surface area contributed by atoms with Crippen molar-refractivity contribution in [2.24, 2.45) is 0 Å². The number of benzene rings is 1. The molecule has 1 N–H and O–H groups in total. The maximum atomic E-state index is 14.4. The number of anilines is 1. The molecular formula is C22H14ClF16NO3S. The summed E-state index contributed by atoms with van der Waals surface area (Å²) < 4.78 is 225. The normalized spacial score (nSPS) is 14.6. The molecule has 4 nitrogen and oxygen atoms in total. The molecule has 0 aliphatic carbocycles. The van der Waals surface area contributed by atoms with Crippen molar-refractivity contribution in [1.29, 1.82) is 0 Å². The first-order valence-corrected chi connectivity index (χ1v) is 12.5. The van der Waals surface area contributed by atoms with E-state index in [9.17, 15) is 79.8 Å². The number of hydrogen-bond donors (Lipinski definition) is 1. The molecule has 0 aliphatic rings. The maximum absolute atomic E-state index is 14.4. The van der Waals surface area contributed by atoms with Crippen LogP contribution in [0.4, 0.5) is 75.2 Å². The zero-order valence-electron chi connectivity index (χ0n) is 21.0. The Morgan fingerprint density at radius 1 is 0.750 bits per heavy atom. The minimum atomic E-state index is -8.71. The highest BCUT2D eigenvalue weighted by molar-refractivity contribution is 7.23. The van der Waals surface area contributed by atoms with Gasteiger partial charge >= 0.3 is 58.7 Å². The molecule has 0 atom stereocenters. The molecule has 0 spiro atoms. The van der Waals surface area contributed by atoms with Crippen LogP contribution in [0.15, 0.2) is 24.3 Å². The van der Waals surface area contributed by atoms with Crippen molar-refractivity contribution >= 4 is 49.9 Å². The van der Waals surface area contributed by atoms with Gasteiger partial charge in [-0.05, 0) is 24.1 Å². The van der Waals surface area contributed by atoms with Gasteiger partial charge in [0.1, 0.15) is 10.6 Å². The van der Waals surface area contributed by atoms with E-state index in [2.05, 4.69) is 11.6 Å². The van der Waals surface area contributed by atoms with Crippen LogP contribution in [-0.4, -0.2) is 65.3 Å². The van der Waals surface area contributed by atoms with Gasteiger partial charge < -0.3 is 10.1 Å². The number of unbranched alkanes of at least 4 members (excludes halogenated alkanes) is 1. The topological polar surface area (TPSA) is 55.4 Å². The van der Waals surface area contributed by atoms with E-state index < -0.39 is 69.3 Å². The van der Waals surface area contributed by atoms with Gasteiger partial charge in [-0.25, -0.2) is 4.79 Å². The predicted octanol–water partition coefficient (Wildman–Crippen LogP) is 9.08. The summed E-state index contributed by atoms with van der Waals surface area (Å²) in [6, 6.07) is 4.75. The highest BCUT2D eigenvalue weighted by atomic mass is 35.5. The van der Waals surface area contributed by atoms with Crippen molar-refractivity contribution in [1.82, 2.24) is 0 Å². The molecule has 0 aliphatic heterocycles. The van der Waals surface area contributed by atoms with Gasteiger partial charge in [0.05, 0.1) is 6.61 Å². The summed E-state index contributed by atoms with van der Waals surface area (Å²) in [6.45, 7) is 1.31. The van der Waals surface area contributed by atoms with E-state index in [0.717, 1.165) is 17.4 Å². The molecule has 0 fully saturated rings. The van der Waals surface area contributed by atoms with Gasteiger partial charge in [-0.1, -0.05) is 31.5 Å². The lowest BCUT2D eigenvalue weighted by Gasteiger charge is -2.42. The molecule has 1 aromatic heterocycles. The summed E-state index contributed by atoms with van der Waals surface area (Å²) in [5, 5.41) is -7.41. The molecule has 2 aromatic rings. The Bertz CT molecular complexity index is 1390. The molecule has 1 amide bonds. The van der Waals surface area contributed by atoms with Crippen LogP contribution in [0.5, 0.6) is 0 Å². The standard InChI is InChI=1S/C22H14ClF16NO3S/c1-2-3-8-43-13(41)11-9-6-4-5-7-10(9)44-12(11)40-14(42)15(24,25)16(26,27)17(28,29)18(30,31)19(32,33)20(34,35)21(36,37)22(23,38)39/h4-7H,2-3,8H2,1H3,(H,40,42). The molecule has 1 heterocycles. The van der Waals surface area contributed by atoms with Crippen molar-refractivity contribution in [3.05, 3.63) is 29.8 Å². The summed E-state index contributed by atoms with van der Waals surface area (Å²) in [7, 11) is 0. The van der Waals surface area contributed by atoms with Crippen LogP contribution in [0.25, 0.3) is 10.1 Å². The van der Waals surface area contributed by atoms with Crippen molar-refractivity contribution < 1.29 is 84.6 Å². The highest BCUT2D eigenvalue weighted by Gasteiger charge is 2.95. The third-order valence-corrected chi connectivity index (χ3v) is 7.09. The van der Waals surface area contributed by atoms with Crippen LogP contribution in [0.3, 0.4) is 0 Å². The predicted molar refractivity (Wildman–Crippen MR) is 121 cm³/mol. The number of nitrogens with one attached hydrogen (secondary N) is 1.